The van der Waals surface area contributed by atoms with Crippen molar-refractivity contribution in [3.05, 3.63) is 89.3 Å². The van der Waals surface area contributed by atoms with E-state index in [1.165, 1.54) is 11.0 Å². The third kappa shape index (κ3) is 12.8. The summed E-state index contributed by atoms with van der Waals surface area (Å²) in [6.45, 7) is 11.1. The molecule has 3 fully saturated rings. The minimum absolute atomic E-state index is 0.101. The van der Waals surface area contributed by atoms with Gasteiger partial charge in [0.1, 0.15) is 23.7 Å². The topological polar surface area (TPSA) is 196 Å². The number of piperazine rings is 1. The van der Waals surface area contributed by atoms with Crippen molar-refractivity contribution in [2.75, 3.05) is 46.4 Å². The molecule has 16 nitrogen and oxygen atoms in total. The quantitative estimate of drug-likeness (QED) is 0.105. The summed E-state index contributed by atoms with van der Waals surface area (Å²) in [4.78, 5) is 87.8. The lowest BCUT2D eigenvalue weighted by atomic mass is 9.92. The zero-order chi connectivity index (χ0) is 44.4. The molecule has 6 rings (SSSR count). The summed E-state index contributed by atoms with van der Waals surface area (Å²) in [7, 11) is 2.04. The van der Waals surface area contributed by atoms with Crippen LogP contribution in [0.4, 0.5) is 0 Å². The lowest BCUT2D eigenvalue weighted by molar-refractivity contribution is -0.147. The molecule has 0 radical (unpaired) electrons. The highest BCUT2D eigenvalue weighted by Gasteiger charge is 2.51. The lowest BCUT2D eigenvalue weighted by Crippen LogP contribution is -2.57. The molecule has 2 aromatic carbocycles. The molecule has 3 aromatic rings. The number of carbonyl (C=O) groups excluding carboxylic acids is 6. The predicted octanol–water partition coefficient (Wildman–Crippen LogP) is 2.23. The fraction of sp³-hybridized carbons (Fsp3) is 0.543. The maximum atomic E-state index is 14.3. The molecular formula is C46H61N7O9. The van der Waals surface area contributed by atoms with Gasteiger partial charge in [-0.2, -0.15) is 0 Å². The molecule has 3 aliphatic rings. The summed E-state index contributed by atoms with van der Waals surface area (Å²) >= 11 is 0. The number of ketones is 1. The van der Waals surface area contributed by atoms with Gasteiger partial charge < -0.3 is 39.7 Å². The van der Waals surface area contributed by atoms with Crippen LogP contribution in [0.5, 0.6) is 0 Å². The van der Waals surface area contributed by atoms with Crippen molar-refractivity contribution in [1.29, 1.82) is 0 Å². The number of Topliss-reactive ketones (excluding diaryl/α,β-unsaturated/α-hetero) is 1. The molecule has 4 heterocycles. The minimum atomic E-state index is -1.01. The third-order valence-corrected chi connectivity index (χ3v) is 11.8. The molecule has 0 saturated carbocycles. The van der Waals surface area contributed by atoms with E-state index in [-0.39, 0.29) is 68.9 Å². The molecule has 2 unspecified atom stereocenters. The van der Waals surface area contributed by atoms with Gasteiger partial charge in [-0.3, -0.25) is 33.7 Å². The van der Waals surface area contributed by atoms with Crippen LogP contribution in [-0.4, -0.2) is 137 Å². The van der Waals surface area contributed by atoms with E-state index >= 15 is 0 Å². The molecule has 0 bridgehead atoms. The van der Waals surface area contributed by atoms with Gasteiger partial charge in [0.15, 0.2) is 18.2 Å². The number of ether oxygens (including phenoxy) is 2. The van der Waals surface area contributed by atoms with Crippen molar-refractivity contribution >= 4 is 35.4 Å². The Morgan fingerprint density at radius 2 is 1.58 bits per heavy atom. The largest absolute Gasteiger partial charge is 0.456 e. The molecule has 1 aromatic heterocycles. The number of likely N-dealkylation sites (tertiary alicyclic amines) is 1. The van der Waals surface area contributed by atoms with E-state index in [0.717, 1.165) is 37.3 Å². The third-order valence-electron chi connectivity index (χ3n) is 11.8. The monoisotopic (exact) mass is 855 g/mol. The maximum Gasteiger partial charge on any atom is 0.320 e. The molecular weight excluding hydrogens is 795 g/mol. The van der Waals surface area contributed by atoms with Crippen molar-refractivity contribution in [3.8, 4) is 0 Å². The number of amides is 4. The van der Waals surface area contributed by atoms with Crippen LogP contribution >= 0.6 is 0 Å². The second kappa shape index (κ2) is 21.1. The van der Waals surface area contributed by atoms with Crippen LogP contribution in [-0.2, 0) is 64.1 Å². The first-order chi connectivity index (χ1) is 29.7. The highest BCUT2D eigenvalue weighted by Crippen LogP contribution is 2.30. The number of epoxide rings is 1. The number of nitrogens with zero attached hydrogens (tertiary/aromatic N) is 4. The molecule has 6 atom stereocenters. The van der Waals surface area contributed by atoms with E-state index in [2.05, 4.69) is 26.0 Å². The summed E-state index contributed by atoms with van der Waals surface area (Å²) in [5, 5.41) is 12.7. The zero-order valence-electron chi connectivity index (χ0n) is 36.5. The smallest absolute Gasteiger partial charge is 0.320 e. The van der Waals surface area contributed by atoms with Crippen LogP contribution < -0.4 is 16.0 Å². The highest BCUT2D eigenvalue weighted by atomic mass is 16.6. The van der Waals surface area contributed by atoms with Crippen LogP contribution in [0.3, 0.4) is 0 Å². The maximum absolute atomic E-state index is 14.3. The Bertz CT molecular complexity index is 2010. The van der Waals surface area contributed by atoms with Gasteiger partial charge in [0.2, 0.25) is 23.6 Å². The van der Waals surface area contributed by atoms with Crippen molar-refractivity contribution in [1.82, 2.24) is 35.8 Å². The summed E-state index contributed by atoms with van der Waals surface area (Å²) in [6.07, 6.45) is 1.33. The molecule has 3 N–H and O–H groups in total. The Labute approximate surface area is 363 Å². The van der Waals surface area contributed by atoms with Crippen LogP contribution in [0, 0.1) is 5.92 Å². The number of benzene rings is 2. The number of aryl methyl sites for hydroxylation is 1. The second-order valence-corrected chi connectivity index (χ2v) is 17.5. The van der Waals surface area contributed by atoms with E-state index in [1.807, 2.05) is 93.4 Å². The normalized spacial score (nSPS) is 21.8. The van der Waals surface area contributed by atoms with Crippen molar-refractivity contribution in [2.24, 2.45) is 5.92 Å². The van der Waals surface area contributed by atoms with Gasteiger partial charge in [-0.1, -0.05) is 79.7 Å². The van der Waals surface area contributed by atoms with Gasteiger partial charge in [0.25, 0.3) is 0 Å². The van der Waals surface area contributed by atoms with Gasteiger partial charge in [-0.25, -0.2) is 0 Å². The van der Waals surface area contributed by atoms with Gasteiger partial charge in [-0.05, 0) is 63.6 Å². The van der Waals surface area contributed by atoms with Gasteiger partial charge in [0.05, 0.1) is 31.3 Å². The summed E-state index contributed by atoms with van der Waals surface area (Å²) in [6, 6.07) is 16.2. The fourth-order valence-electron chi connectivity index (χ4n) is 8.08. The van der Waals surface area contributed by atoms with E-state index < -0.39 is 59.4 Å². The Morgan fingerprint density at radius 1 is 0.919 bits per heavy atom. The van der Waals surface area contributed by atoms with Crippen molar-refractivity contribution in [3.63, 3.8) is 0 Å². The SMILES string of the molecule is CC(C)C[C@H](NC(=O)[C@H](Cc1ccccc1)N1C(=O)[C@@H](NC(=O)[C@H](CCc2ccccc2)NC(=O)Cc2cc(COC(=O)CN3CCN(C)CC3)on2)CC1C)C(=O)C1(C)CO1. The fourth-order valence-corrected chi connectivity index (χ4v) is 8.08. The molecule has 0 spiro atoms. The van der Waals surface area contributed by atoms with Gasteiger partial charge in [0, 0.05) is 44.7 Å². The van der Waals surface area contributed by atoms with Crippen molar-refractivity contribution in [2.45, 2.75) is 109 Å². The molecule has 3 saturated heterocycles. The second-order valence-electron chi connectivity index (χ2n) is 17.5. The number of rotatable bonds is 21. The summed E-state index contributed by atoms with van der Waals surface area (Å²) in [5.41, 5.74) is 1.14. The first kappa shape index (κ1) is 46.1. The summed E-state index contributed by atoms with van der Waals surface area (Å²) < 4.78 is 16.2. The minimum Gasteiger partial charge on any atom is -0.456 e. The van der Waals surface area contributed by atoms with Crippen molar-refractivity contribution < 1.29 is 42.8 Å². The number of esters is 1. The Balaban J connectivity index is 1.10. The standard InChI is InChI=1S/C46H61N7O9/c1-30(2)22-37(42(56)46(4)29-61-46)48-44(58)39(24-33-14-10-7-11-15-33)53-31(3)23-38(45(53)59)49-43(57)36(17-16-32-12-8-6-9-13-32)47-40(54)26-34-25-35(62-50-34)28-60-41(55)27-52-20-18-51(5)19-21-52/h6-15,25,30-31,36-39H,16-24,26-29H2,1-5H3,(H,47,54)(H,48,58)(H,49,57)/t31?,36-,37-,38-,39-,46?/m0/s1. The number of likely N-dealkylation sites (N-methyl/N-ethyl adjacent to an activating group) is 1. The molecule has 4 amide bonds. The lowest BCUT2D eigenvalue weighted by Gasteiger charge is -2.33. The number of nitrogens with one attached hydrogen (secondary N) is 3. The van der Waals surface area contributed by atoms with Crippen LogP contribution in [0.25, 0.3) is 0 Å². The Kier molecular flexibility index (Phi) is 15.7. The summed E-state index contributed by atoms with van der Waals surface area (Å²) in [5.74, 6) is -2.13. The highest BCUT2D eigenvalue weighted by molar-refractivity contribution is 5.99. The van der Waals surface area contributed by atoms with Gasteiger partial charge >= 0.3 is 5.97 Å². The molecule has 334 valence electrons. The number of carbonyl (C=O) groups is 6. The van der Waals surface area contributed by atoms with E-state index in [9.17, 15) is 28.8 Å². The first-order valence-corrected chi connectivity index (χ1v) is 21.7. The average molecular weight is 856 g/mol. The molecule has 0 aliphatic carbocycles. The Morgan fingerprint density at radius 3 is 2.23 bits per heavy atom. The molecule has 16 heteroatoms. The first-order valence-electron chi connectivity index (χ1n) is 21.7. The van der Waals surface area contributed by atoms with Crippen LogP contribution in [0.2, 0.25) is 0 Å². The zero-order valence-corrected chi connectivity index (χ0v) is 36.5. The number of aromatic nitrogens is 1. The molecule has 3 aliphatic heterocycles. The molecule has 62 heavy (non-hydrogen) atoms. The average Bonchev–Trinajstić information content (AvgIpc) is 3.74. The van der Waals surface area contributed by atoms with Crippen LogP contribution in [0.1, 0.15) is 69.5 Å². The van der Waals surface area contributed by atoms with Crippen LogP contribution in [0.15, 0.2) is 71.3 Å². The predicted molar refractivity (Wildman–Crippen MR) is 228 cm³/mol. The van der Waals surface area contributed by atoms with E-state index in [0.29, 0.717) is 18.5 Å². The van der Waals surface area contributed by atoms with Gasteiger partial charge in [-0.15, -0.1) is 0 Å². The van der Waals surface area contributed by atoms with E-state index in [1.54, 1.807) is 6.92 Å². The van der Waals surface area contributed by atoms with E-state index in [4.69, 9.17) is 14.0 Å². The number of hydrogen-bond acceptors (Lipinski definition) is 12. The number of hydrogen-bond donors (Lipinski definition) is 3. The Hall–Kier alpha value is -5.45.